The predicted molar refractivity (Wildman–Crippen MR) is 114 cm³/mol. The zero-order valence-electron chi connectivity index (χ0n) is 16.3. The standard InChI is InChI=1S/C21H23ClN4O3/c1-14(2)16-4-3-5-18(12-16)23-19-24-20(28)25(10-11-27)21(29)26(19)13-15-6-8-17(22)9-7-15/h3-9,12,14,27H,10-11,13H2,1-2H3,(H,23,24,28). The Labute approximate surface area is 173 Å². The number of hydrogen-bond donors (Lipinski definition) is 2. The van der Waals surface area contributed by atoms with E-state index < -0.39 is 11.4 Å². The first-order valence-corrected chi connectivity index (χ1v) is 9.71. The zero-order chi connectivity index (χ0) is 21.0. The molecule has 2 N–H and O–H groups in total. The van der Waals surface area contributed by atoms with Crippen molar-refractivity contribution in [1.29, 1.82) is 0 Å². The Bertz CT molecular complexity index is 1100. The molecular formula is C21H23ClN4O3. The normalized spacial score (nSPS) is 11.1. The van der Waals surface area contributed by atoms with Gasteiger partial charge in [-0.3, -0.25) is 4.57 Å². The van der Waals surface area contributed by atoms with Gasteiger partial charge >= 0.3 is 11.4 Å². The van der Waals surface area contributed by atoms with Crippen molar-refractivity contribution in [3.63, 3.8) is 0 Å². The van der Waals surface area contributed by atoms with Gasteiger partial charge in [-0.15, -0.1) is 0 Å². The van der Waals surface area contributed by atoms with Crippen LogP contribution in [0.15, 0.2) is 58.1 Å². The number of nitrogens with zero attached hydrogens (tertiary/aromatic N) is 3. The average molecular weight is 415 g/mol. The summed E-state index contributed by atoms with van der Waals surface area (Å²) in [5.41, 5.74) is 1.42. The van der Waals surface area contributed by atoms with E-state index in [2.05, 4.69) is 24.1 Å². The zero-order valence-corrected chi connectivity index (χ0v) is 17.1. The molecule has 0 atom stereocenters. The van der Waals surface area contributed by atoms with Gasteiger partial charge in [-0.25, -0.2) is 14.2 Å². The maximum absolute atomic E-state index is 12.9. The Kier molecular flexibility index (Phi) is 6.51. The van der Waals surface area contributed by atoms with Crippen molar-refractivity contribution in [1.82, 2.24) is 14.1 Å². The monoisotopic (exact) mass is 414 g/mol. The molecule has 0 fully saturated rings. The Hall–Kier alpha value is -2.90. The molecule has 0 aliphatic rings. The van der Waals surface area contributed by atoms with Crippen LogP contribution in [0, 0.1) is 0 Å². The van der Waals surface area contributed by atoms with Crippen LogP contribution in [0.25, 0.3) is 0 Å². The fourth-order valence-electron chi connectivity index (χ4n) is 2.94. The second-order valence-corrected chi connectivity index (χ2v) is 7.43. The first kappa shape index (κ1) is 20.8. The van der Waals surface area contributed by atoms with Gasteiger partial charge in [-0.1, -0.05) is 49.7 Å². The highest BCUT2D eigenvalue weighted by molar-refractivity contribution is 6.30. The van der Waals surface area contributed by atoms with Crippen molar-refractivity contribution in [2.24, 2.45) is 0 Å². The molecule has 3 rings (SSSR count). The van der Waals surface area contributed by atoms with Gasteiger partial charge in [0.25, 0.3) is 0 Å². The number of anilines is 2. The van der Waals surface area contributed by atoms with Crippen LogP contribution in [0.3, 0.4) is 0 Å². The molecule has 1 heterocycles. The minimum absolute atomic E-state index is 0.117. The summed E-state index contributed by atoms with van der Waals surface area (Å²) in [6, 6.07) is 14.8. The Morgan fingerprint density at radius 3 is 2.48 bits per heavy atom. The van der Waals surface area contributed by atoms with Crippen LogP contribution < -0.4 is 16.7 Å². The molecule has 0 spiro atoms. The molecule has 29 heavy (non-hydrogen) atoms. The van der Waals surface area contributed by atoms with Crippen molar-refractivity contribution in [3.8, 4) is 0 Å². The van der Waals surface area contributed by atoms with E-state index in [4.69, 9.17) is 11.6 Å². The highest BCUT2D eigenvalue weighted by Crippen LogP contribution is 2.21. The number of aliphatic hydroxyl groups is 1. The molecule has 0 saturated carbocycles. The highest BCUT2D eigenvalue weighted by atomic mass is 35.5. The number of benzene rings is 2. The number of nitrogens with one attached hydrogen (secondary N) is 1. The molecule has 0 amide bonds. The minimum atomic E-state index is -0.709. The van der Waals surface area contributed by atoms with Crippen molar-refractivity contribution in [3.05, 3.63) is 85.6 Å². The second kappa shape index (κ2) is 9.07. The minimum Gasteiger partial charge on any atom is -0.395 e. The maximum Gasteiger partial charge on any atom is 0.355 e. The van der Waals surface area contributed by atoms with Gasteiger partial charge in [-0.05, 0) is 41.3 Å². The summed E-state index contributed by atoms with van der Waals surface area (Å²) in [5, 5.41) is 12.9. The lowest BCUT2D eigenvalue weighted by atomic mass is 10.0. The molecule has 0 aliphatic heterocycles. The summed E-state index contributed by atoms with van der Waals surface area (Å²) in [4.78, 5) is 29.3. The van der Waals surface area contributed by atoms with Gasteiger partial charge in [0.1, 0.15) is 0 Å². The molecule has 0 unspecified atom stereocenters. The average Bonchev–Trinajstić information content (AvgIpc) is 2.70. The first-order valence-electron chi connectivity index (χ1n) is 9.33. The molecule has 152 valence electrons. The van der Waals surface area contributed by atoms with Gasteiger partial charge in [0.05, 0.1) is 19.7 Å². The lowest BCUT2D eigenvalue weighted by Gasteiger charge is -2.16. The molecular weight excluding hydrogens is 392 g/mol. The van der Waals surface area contributed by atoms with Crippen molar-refractivity contribution >= 4 is 23.2 Å². The molecule has 1 aromatic heterocycles. The van der Waals surface area contributed by atoms with E-state index in [-0.39, 0.29) is 25.6 Å². The van der Waals surface area contributed by atoms with E-state index in [1.165, 1.54) is 4.57 Å². The molecule has 8 heteroatoms. The summed E-state index contributed by atoms with van der Waals surface area (Å²) in [7, 11) is 0. The van der Waals surface area contributed by atoms with E-state index in [0.29, 0.717) is 10.9 Å². The van der Waals surface area contributed by atoms with Gasteiger partial charge in [0, 0.05) is 10.7 Å². The van der Waals surface area contributed by atoms with E-state index in [9.17, 15) is 14.7 Å². The van der Waals surface area contributed by atoms with Gasteiger partial charge < -0.3 is 10.4 Å². The topological polar surface area (TPSA) is 89.2 Å². The summed E-state index contributed by atoms with van der Waals surface area (Å²) in [5.74, 6) is 0.476. The maximum atomic E-state index is 12.9. The quantitative estimate of drug-likeness (QED) is 0.620. The Balaban J connectivity index is 2.07. The van der Waals surface area contributed by atoms with Gasteiger partial charge in [0.15, 0.2) is 0 Å². The van der Waals surface area contributed by atoms with Gasteiger partial charge in [0.2, 0.25) is 5.95 Å². The lowest BCUT2D eigenvalue weighted by molar-refractivity contribution is 0.268. The van der Waals surface area contributed by atoms with E-state index in [1.807, 2.05) is 24.3 Å². The van der Waals surface area contributed by atoms with Crippen LogP contribution in [0.5, 0.6) is 0 Å². The van der Waals surface area contributed by atoms with Crippen LogP contribution in [0.2, 0.25) is 5.02 Å². The van der Waals surface area contributed by atoms with Crippen LogP contribution >= 0.6 is 11.6 Å². The molecule has 0 radical (unpaired) electrons. The van der Waals surface area contributed by atoms with Gasteiger partial charge in [-0.2, -0.15) is 4.98 Å². The van der Waals surface area contributed by atoms with Crippen molar-refractivity contribution in [2.45, 2.75) is 32.9 Å². The molecule has 2 aromatic carbocycles. The van der Waals surface area contributed by atoms with E-state index >= 15 is 0 Å². The second-order valence-electron chi connectivity index (χ2n) is 6.99. The Morgan fingerprint density at radius 2 is 1.83 bits per heavy atom. The van der Waals surface area contributed by atoms with E-state index in [0.717, 1.165) is 21.4 Å². The van der Waals surface area contributed by atoms with Crippen LogP contribution in [-0.4, -0.2) is 25.8 Å². The number of hydrogen-bond acceptors (Lipinski definition) is 5. The fraction of sp³-hybridized carbons (Fsp3) is 0.286. The Morgan fingerprint density at radius 1 is 1.10 bits per heavy atom. The summed E-state index contributed by atoms with van der Waals surface area (Å²) in [6.45, 7) is 3.92. The number of halogens is 1. The smallest absolute Gasteiger partial charge is 0.355 e. The van der Waals surface area contributed by atoms with Crippen LogP contribution in [-0.2, 0) is 13.1 Å². The van der Waals surface area contributed by atoms with Crippen LogP contribution in [0.1, 0.15) is 30.9 Å². The fourth-order valence-corrected chi connectivity index (χ4v) is 3.06. The molecule has 3 aromatic rings. The molecule has 7 nitrogen and oxygen atoms in total. The number of rotatable bonds is 7. The third kappa shape index (κ3) is 4.93. The van der Waals surface area contributed by atoms with E-state index in [1.54, 1.807) is 24.3 Å². The summed E-state index contributed by atoms with van der Waals surface area (Å²) < 4.78 is 2.30. The number of aromatic nitrogens is 3. The first-order chi connectivity index (χ1) is 13.9. The summed E-state index contributed by atoms with van der Waals surface area (Å²) >= 11 is 5.95. The van der Waals surface area contributed by atoms with Crippen molar-refractivity contribution < 1.29 is 5.11 Å². The number of aliphatic hydroxyl groups excluding tert-OH is 1. The third-order valence-electron chi connectivity index (χ3n) is 4.54. The predicted octanol–water partition coefficient (Wildman–Crippen LogP) is 2.97. The molecule has 0 bridgehead atoms. The molecule has 0 aliphatic carbocycles. The van der Waals surface area contributed by atoms with Crippen molar-refractivity contribution in [2.75, 3.05) is 11.9 Å². The molecule has 0 saturated heterocycles. The van der Waals surface area contributed by atoms with Crippen LogP contribution in [0.4, 0.5) is 11.6 Å². The highest BCUT2D eigenvalue weighted by Gasteiger charge is 2.14. The summed E-state index contributed by atoms with van der Waals surface area (Å²) in [6.07, 6.45) is 0. The largest absolute Gasteiger partial charge is 0.395 e. The third-order valence-corrected chi connectivity index (χ3v) is 4.79. The SMILES string of the molecule is CC(C)c1cccc(Nc2nc(=O)n(CCO)c(=O)n2Cc2ccc(Cl)cc2)c1. The lowest BCUT2D eigenvalue weighted by Crippen LogP contribution is -2.43.